The monoisotopic (exact) mass is 491 g/mol. The molecule has 3 aromatic rings. The maximum absolute atomic E-state index is 12.3. The van der Waals surface area contributed by atoms with Gasteiger partial charge in [0.05, 0.1) is 39.7 Å². The standard InChI is InChI=1S/C26H25N3O7/c1-33-20-11-6-18(7-12-20)26(32)36-21-9-4-17(5-10-21)15-28-29-24(30)16-27-25(31)19-8-13-22(34-2)23(14-19)35-3/h4-15H,16H2,1-3H3,(H,27,31)(H,29,30). The SMILES string of the molecule is COc1ccc(C(=O)Oc2ccc(C=NNC(=O)CNC(=O)c3ccc(OC)c(OC)c3)cc2)cc1. The van der Waals surface area contributed by atoms with Gasteiger partial charge in [0.1, 0.15) is 11.5 Å². The Balaban J connectivity index is 1.45. The van der Waals surface area contributed by atoms with Crippen molar-refractivity contribution in [3.05, 3.63) is 83.4 Å². The van der Waals surface area contributed by atoms with Gasteiger partial charge < -0.3 is 24.3 Å². The number of esters is 1. The van der Waals surface area contributed by atoms with Crippen LogP contribution in [0.1, 0.15) is 26.3 Å². The molecule has 0 atom stereocenters. The molecule has 2 amide bonds. The molecule has 0 aliphatic carbocycles. The van der Waals surface area contributed by atoms with Gasteiger partial charge in [0.15, 0.2) is 11.5 Å². The van der Waals surface area contributed by atoms with Crippen LogP contribution < -0.4 is 29.7 Å². The summed E-state index contributed by atoms with van der Waals surface area (Å²) in [5, 5.41) is 6.37. The molecule has 0 bridgehead atoms. The number of nitrogens with one attached hydrogen (secondary N) is 2. The second kappa shape index (κ2) is 12.6. The maximum atomic E-state index is 12.3. The molecule has 0 unspecified atom stereocenters. The zero-order chi connectivity index (χ0) is 25.9. The lowest BCUT2D eigenvalue weighted by Gasteiger charge is -2.09. The molecule has 3 rings (SSSR count). The normalized spacial score (nSPS) is 10.4. The van der Waals surface area contributed by atoms with E-state index in [0.29, 0.717) is 39.7 Å². The van der Waals surface area contributed by atoms with E-state index in [1.54, 1.807) is 67.8 Å². The van der Waals surface area contributed by atoms with Crippen LogP contribution in [0.3, 0.4) is 0 Å². The molecule has 0 heterocycles. The largest absolute Gasteiger partial charge is 0.497 e. The molecule has 2 N–H and O–H groups in total. The van der Waals surface area contributed by atoms with Gasteiger partial charge in [0, 0.05) is 5.56 Å². The van der Waals surface area contributed by atoms with Crippen molar-refractivity contribution >= 4 is 24.0 Å². The van der Waals surface area contributed by atoms with Crippen molar-refractivity contribution < 1.29 is 33.3 Å². The third-order valence-corrected chi connectivity index (χ3v) is 4.87. The van der Waals surface area contributed by atoms with Gasteiger partial charge in [-0.1, -0.05) is 0 Å². The molecule has 0 aliphatic rings. The average molecular weight is 492 g/mol. The highest BCUT2D eigenvalue weighted by Crippen LogP contribution is 2.27. The molecule has 0 saturated carbocycles. The fraction of sp³-hybridized carbons (Fsp3) is 0.154. The highest BCUT2D eigenvalue weighted by atomic mass is 16.5. The molecule has 0 aliphatic heterocycles. The first-order valence-electron chi connectivity index (χ1n) is 10.7. The number of methoxy groups -OCH3 is 3. The van der Waals surface area contributed by atoms with E-state index in [9.17, 15) is 14.4 Å². The van der Waals surface area contributed by atoms with Crippen LogP contribution in [0.4, 0.5) is 0 Å². The molecular weight excluding hydrogens is 466 g/mol. The van der Waals surface area contributed by atoms with E-state index in [2.05, 4.69) is 15.8 Å². The van der Waals surface area contributed by atoms with Gasteiger partial charge in [0.2, 0.25) is 0 Å². The number of hydrazone groups is 1. The Bertz CT molecular complexity index is 1240. The van der Waals surface area contributed by atoms with Crippen molar-refractivity contribution in [3.8, 4) is 23.0 Å². The predicted octanol–water partition coefficient (Wildman–Crippen LogP) is 2.81. The first-order chi connectivity index (χ1) is 17.4. The van der Waals surface area contributed by atoms with Gasteiger partial charge in [-0.25, -0.2) is 10.2 Å². The first-order valence-corrected chi connectivity index (χ1v) is 10.7. The highest BCUT2D eigenvalue weighted by Gasteiger charge is 2.12. The summed E-state index contributed by atoms with van der Waals surface area (Å²) >= 11 is 0. The van der Waals surface area contributed by atoms with E-state index in [1.165, 1.54) is 26.5 Å². The smallest absolute Gasteiger partial charge is 0.343 e. The summed E-state index contributed by atoms with van der Waals surface area (Å²) in [6, 6.07) is 17.8. The maximum Gasteiger partial charge on any atom is 0.343 e. The van der Waals surface area contributed by atoms with Crippen LogP contribution in [-0.4, -0.2) is 51.9 Å². The van der Waals surface area contributed by atoms with Crippen molar-refractivity contribution in [2.24, 2.45) is 5.10 Å². The summed E-state index contributed by atoms with van der Waals surface area (Å²) in [6.07, 6.45) is 1.42. The third-order valence-electron chi connectivity index (χ3n) is 4.87. The Morgan fingerprint density at radius 2 is 1.42 bits per heavy atom. The van der Waals surface area contributed by atoms with Crippen LogP contribution >= 0.6 is 0 Å². The van der Waals surface area contributed by atoms with Crippen LogP contribution in [0.25, 0.3) is 0 Å². The summed E-state index contributed by atoms with van der Waals surface area (Å²) in [6.45, 7) is -0.273. The number of carbonyl (C=O) groups is 3. The third kappa shape index (κ3) is 7.07. The Hall–Kier alpha value is -4.86. The van der Waals surface area contributed by atoms with Gasteiger partial charge in [-0.15, -0.1) is 0 Å². The Labute approximate surface area is 207 Å². The minimum Gasteiger partial charge on any atom is -0.497 e. The molecule has 36 heavy (non-hydrogen) atoms. The minimum atomic E-state index is -0.509. The molecule has 0 fully saturated rings. The predicted molar refractivity (Wildman–Crippen MR) is 132 cm³/mol. The fourth-order valence-electron chi connectivity index (χ4n) is 2.97. The number of carbonyl (C=O) groups excluding carboxylic acids is 3. The van der Waals surface area contributed by atoms with Crippen molar-refractivity contribution in [3.63, 3.8) is 0 Å². The van der Waals surface area contributed by atoms with Crippen LogP contribution in [0.15, 0.2) is 71.8 Å². The number of hydrogen-bond acceptors (Lipinski definition) is 8. The van der Waals surface area contributed by atoms with Gasteiger partial charge in [0.25, 0.3) is 11.8 Å². The van der Waals surface area contributed by atoms with Crippen LogP contribution in [0, 0.1) is 0 Å². The summed E-state index contributed by atoms with van der Waals surface area (Å²) in [4.78, 5) is 36.5. The minimum absolute atomic E-state index is 0.273. The Morgan fingerprint density at radius 1 is 0.778 bits per heavy atom. The van der Waals surface area contributed by atoms with Crippen molar-refractivity contribution in [2.45, 2.75) is 0 Å². The Kier molecular flexibility index (Phi) is 8.99. The summed E-state index contributed by atoms with van der Waals surface area (Å²) in [5.41, 5.74) is 3.70. The number of benzene rings is 3. The molecule has 0 spiro atoms. The lowest BCUT2D eigenvalue weighted by molar-refractivity contribution is -0.120. The van der Waals surface area contributed by atoms with E-state index >= 15 is 0 Å². The van der Waals surface area contributed by atoms with Crippen molar-refractivity contribution in [1.29, 1.82) is 0 Å². The average Bonchev–Trinajstić information content (AvgIpc) is 2.92. The summed E-state index contributed by atoms with van der Waals surface area (Å²) in [5.74, 6) is 0.434. The molecule has 3 aromatic carbocycles. The summed E-state index contributed by atoms with van der Waals surface area (Å²) < 4.78 is 20.7. The lowest BCUT2D eigenvalue weighted by atomic mass is 10.2. The van der Waals surface area contributed by atoms with E-state index in [-0.39, 0.29) is 6.54 Å². The molecule has 186 valence electrons. The Morgan fingerprint density at radius 3 is 2.06 bits per heavy atom. The number of ether oxygens (including phenoxy) is 4. The van der Waals surface area contributed by atoms with Crippen molar-refractivity contribution in [1.82, 2.24) is 10.7 Å². The molecule has 0 saturated heterocycles. The van der Waals surface area contributed by atoms with Crippen LogP contribution in [0.2, 0.25) is 0 Å². The van der Waals surface area contributed by atoms with Gasteiger partial charge >= 0.3 is 5.97 Å². The van der Waals surface area contributed by atoms with Gasteiger partial charge in [-0.3, -0.25) is 9.59 Å². The first kappa shape index (κ1) is 25.8. The number of amides is 2. The van der Waals surface area contributed by atoms with Crippen LogP contribution in [-0.2, 0) is 4.79 Å². The van der Waals surface area contributed by atoms with Crippen molar-refractivity contribution in [2.75, 3.05) is 27.9 Å². The molecule has 0 radical (unpaired) electrons. The van der Waals surface area contributed by atoms with E-state index in [1.807, 2.05) is 0 Å². The molecular formula is C26H25N3O7. The second-order valence-electron chi connectivity index (χ2n) is 7.23. The van der Waals surface area contributed by atoms with Gasteiger partial charge in [-0.2, -0.15) is 5.10 Å². The number of hydrogen-bond donors (Lipinski definition) is 2. The molecule has 10 heteroatoms. The fourth-order valence-corrected chi connectivity index (χ4v) is 2.97. The molecule has 0 aromatic heterocycles. The highest BCUT2D eigenvalue weighted by molar-refractivity contribution is 5.97. The zero-order valence-corrected chi connectivity index (χ0v) is 19.9. The lowest BCUT2D eigenvalue weighted by Crippen LogP contribution is -2.34. The van der Waals surface area contributed by atoms with E-state index < -0.39 is 17.8 Å². The quantitative estimate of drug-likeness (QED) is 0.193. The van der Waals surface area contributed by atoms with Gasteiger partial charge in [-0.05, 0) is 72.3 Å². The van der Waals surface area contributed by atoms with Crippen LogP contribution in [0.5, 0.6) is 23.0 Å². The molecule has 10 nitrogen and oxygen atoms in total. The van der Waals surface area contributed by atoms with E-state index in [4.69, 9.17) is 18.9 Å². The summed E-state index contributed by atoms with van der Waals surface area (Å²) in [7, 11) is 4.51. The number of rotatable bonds is 10. The number of nitrogens with zero attached hydrogens (tertiary/aromatic N) is 1. The second-order valence-corrected chi connectivity index (χ2v) is 7.23. The van der Waals surface area contributed by atoms with E-state index in [0.717, 1.165) is 0 Å². The zero-order valence-electron chi connectivity index (χ0n) is 19.9. The topological polar surface area (TPSA) is 125 Å².